The number of ether oxygens (including phenoxy) is 1. The summed E-state index contributed by atoms with van der Waals surface area (Å²) in [6, 6.07) is 3.01. The Hall–Kier alpha value is -2.25. The van der Waals surface area contributed by atoms with Crippen molar-refractivity contribution in [1.29, 1.82) is 0 Å². The zero-order valence-electron chi connectivity index (χ0n) is 19.2. The van der Waals surface area contributed by atoms with Gasteiger partial charge in [0.2, 0.25) is 11.5 Å². The highest BCUT2D eigenvalue weighted by atomic mass is 16.5. The number of carbonyl (C=O) groups is 3. The largest absolute Gasteiger partial charge is 0.457 e. The van der Waals surface area contributed by atoms with Crippen molar-refractivity contribution in [2.24, 2.45) is 28.6 Å². The molecule has 0 saturated heterocycles. The van der Waals surface area contributed by atoms with Crippen molar-refractivity contribution in [3.05, 3.63) is 35.8 Å². The van der Waals surface area contributed by atoms with Gasteiger partial charge in [0.15, 0.2) is 12.4 Å². The molecular weight excluding hydrogens is 424 g/mol. The highest BCUT2D eigenvalue weighted by Gasteiger charge is 2.68. The lowest BCUT2D eigenvalue weighted by molar-refractivity contribution is -0.182. The van der Waals surface area contributed by atoms with Crippen molar-refractivity contribution in [2.75, 3.05) is 6.61 Å². The number of ketones is 2. The standard InChI is InChI=1S/C26H32O7/c1-24-9-7-16(27)12-15(24)5-6-17-18-8-10-26(31,25(18,2)13-19(28)22(17)24)21(29)14-33-23(30)20-4-3-11-32-20/h3-4,11-12,17-19,22,28,31H,5-10,13-14H2,1-2H3/t17-,18-,19-,22+,24-,25-,26-/m0/s1. The molecule has 4 aliphatic carbocycles. The fourth-order valence-corrected chi connectivity index (χ4v) is 7.87. The van der Waals surface area contributed by atoms with E-state index in [2.05, 4.69) is 6.92 Å². The van der Waals surface area contributed by atoms with E-state index in [4.69, 9.17) is 9.15 Å². The minimum absolute atomic E-state index is 0.00602. The average molecular weight is 457 g/mol. The zero-order valence-corrected chi connectivity index (χ0v) is 19.2. The first-order valence-corrected chi connectivity index (χ1v) is 12.0. The molecule has 1 aromatic heterocycles. The van der Waals surface area contributed by atoms with Crippen LogP contribution in [0.3, 0.4) is 0 Å². The van der Waals surface area contributed by atoms with Gasteiger partial charge in [-0.15, -0.1) is 0 Å². The van der Waals surface area contributed by atoms with Gasteiger partial charge in [-0.1, -0.05) is 19.4 Å². The van der Waals surface area contributed by atoms with Crippen LogP contribution in [0.5, 0.6) is 0 Å². The molecule has 2 N–H and O–H groups in total. The monoisotopic (exact) mass is 456 g/mol. The predicted octanol–water partition coefficient (Wildman–Crippen LogP) is 3.24. The summed E-state index contributed by atoms with van der Waals surface area (Å²) in [6.07, 6.45) is 6.65. The van der Waals surface area contributed by atoms with Crippen LogP contribution in [0.25, 0.3) is 0 Å². The van der Waals surface area contributed by atoms with E-state index in [-0.39, 0.29) is 34.7 Å². The first-order chi connectivity index (χ1) is 15.6. The van der Waals surface area contributed by atoms with E-state index in [1.807, 2.05) is 6.92 Å². The number of carbonyl (C=O) groups excluding carboxylic acids is 3. The fraction of sp³-hybridized carbons (Fsp3) is 0.654. The van der Waals surface area contributed by atoms with Crippen molar-refractivity contribution in [1.82, 2.24) is 0 Å². The molecule has 5 rings (SSSR count). The van der Waals surface area contributed by atoms with E-state index in [9.17, 15) is 24.6 Å². The topological polar surface area (TPSA) is 114 Å². The van der Waals surface area contributed by atoms with Crippen molar-refractivity contribution >= 4 is 17.5 Å². The van der Waals surface area contributed by atoms with E-state index in [0.717, 1.165) is 24.8 Å². The second kappa shape index (κ2) is 7.64. The van der Waals surface area contributed by atoms with Gasteiger partial charge in [-0.3, -0.25) is 9.59 Å². The summed E-state index contributed by atoms with van der Waals surface area (Å²) in [5.41, 5.74) is -1.53. The van der Waals surface area contributed by atoms with Crippen LogP contribution in [-0.2, 0) is 14.3 Å². The third-order valence-electron chi connectivity index (χ3n) is 9.57. The lowest BCUT2D eigenvalue weighted by Crippen LogP contribution is -2.62. The van der Waals surface area contributed by atoms with Crippen LogP contribution in [-0.4, -0.2) is 46.1 Å². The summed E-state index contributed by atoms with van der Waals surface area (Å²) in [5.74, 6) is -0.834. The van der Waals surface area contributed by atoms with Gasteiger partial charge in [-0.05, 0) is 79.9 Å². The molecule has 0 aliphatic heterocycles. The first kappa shape index (κ1) is 22.5. The van der Waals surface area contributed by atoms with Gasteiger partial charge in [0.05, 0.1) is 12.4 Å². The Bertz CT molecular complexity index is 1010. The molecule has 3 fully saturated rings. The Labute approximate surface area is 193 Å². The Morgan fingerprint density at radius 1 is 1.21 bits per heavy atom. The van der Waals surface area contributed by atoms with Gasteiger partial charge < -0.3 is 19.4 Å². The number of furan rings is 1. The Morgan fingerprint density at radius 3 is 2.73 bits per heavy atom. The molecular formula is C26H32O7. The predicted molar refractivity (Wildman–Crippen MR) is 117 cm³/mol. The van der Waals surface area contributed by atoms with Crippen molar-refractivity contribution in [3.8, 4) is 0 Å². The number of aliphatic hydroxyl groups is 2. The summed E-state index contributed by atoms with van der Waals surface area (Å²) in [6.45, 7) is 3.55. The van der Waals surface area contributed by atoms with E-state index >= 15 is 0 Å². The molecule has 1 heterocycles. The number of hydrogen-bond donors (Lipinski definition) is 2. The molecule has 7 heteroatoms. The third kappa shape index (κ3) is 3.19. The van der Waals surface area contributed by atoms with Crippen LogP contribution in [0.4, 0.5) is 0 Å². The highest BCUT2D eigenvalue weighted by molar-refractivity contribution is 5.93. The molecule has 178 valence electrons. The Morgan fingerprint density at radius 2 is 2.00 bits per heavy atom. The van der Waals surface area contributed by atoms with Gasteiger partial charge in [-0.2, -0.15) is 0 Å². The van der Waals surface area contributed by atoms with Crippen LogP contribution in [0.1, 0.15) is 69.3 Å². The normalized spacial score (nSPS) is 42.1. The number of fused-ring (bicyclic) bond motifs is 5. The quantitative estimate of drug-likeness (QED) is 0.669. The molecule has 3 saturated carbocycles. The SMILES string of the molecule is C[C@]12CCC(=O)C=C1CC[C@@H]1[C@@H]2[C@@H](O)C[C@@]2(C)[C@H]1CC[C@]2(O)C(=O)COC(=O)c1ccco1. The maximum atomic E-state index is 13.2. The zero-order chi connectivity index (χ0) is 23.6. The van der Waals surface area contributed by atoms with E-state index in [1.54, 1.807) is 12.1 Å². The third-order valence-corrected chi connectivity index (χ3v) is 9.57. The van der Waals surface area contributed by atoms with Crippen LogP contribution in [0, 0.1) is 28.6 Å². The minimum Gasteiger partial charge on any atom is -0.457 e. The van der Waals surface area contributed by atoms with Crippen LogP contribution < -0.4 is 0 Å². The molecule has 4 aliphatic rings. The molecule has 0 bridgehead atoms. The molecule has 7 atom stereocenters. The van der Waals surface area contributed by atoms with Gasteiger partial charge in [-0.25, -0.2) is 4.79 Å². The Kier molecular flexibility index (Phi) is 5.21. The van der Waals surface area contributed by atoms with Gasteiger partial charge in [0.1, 0.15) is 5.60 Å². The van der Waals surface area contributed by atoms with Crippen molar-refractivity contribution < 1.29 is 33.8 Å². The molecule has 0 unspecified atom stereocenters. The van der Waals surface area contributed by atoms with Crippen molar-refractivity contribution in [2.45, 2.75) is 70.5 Å². The van der Waals surface area contributed by atoms with Crippen LogP contribution in [0.15, 0.2) is 34.5 Å². The number of aliphatic hydroxyl groups excluding tert-OH is 1. The molecule has 33 heavy (non-hydrogen) atoms. The van der Waals surface area contributed by atoms with Crippen molar-refractivity contribution in [3.63, 3.8) is 0 Å². The van der Waals surface area contributed by atoms with Gasteiger partial charge >= 0.3 is 5.97 Å². The van der Waals surface area contributed by atoms with Gasteiger partial charge in [0.25, 0.3) is 0 Å². The number of allylic oxidation sites excluding steroid dienone is 1. The second-order valence-electron chi connectivity index (χ2n) is 11.0. The van der Waals surface area contributed by atoms with Crippen LogP contribution >= 0.6 is 0 Å². The molecule has 7 nitrogen and oxygen atoms in total. The molecule has 0 amide bonds. The summed E-state index contributed by atoms with van der Waals surface area (Å²) >= 11 is 0. The van der Waals surface area contributed by atoms with Crippen LogP contribution in [0.2, 0.25) is 0 Å². The molecule has 0 spiro atoms. The minimum atomic E-state index is -1.66. The maximum absolute atomic E-state index is 13.2. The summed E-state index contributed by atoms with van der Waals surface area (Å²) in [7, 11) is 0. The van der Waals surface area contributed by atoms with E-state index < -0.39 is 35.5 Å². The van der Waals surface area contributed by atoms with Gasteiger partial charge in [0, 0.05) is 11.8 Å². The lowest BCUT2D eigenvalue weighted by Gasteiger charge is -2.60. The summed E-state index contributed by atoms with van der Waals surface area (Å²) in [5, 5.41) is 23.1. The lowest BCUT2D eigenvalue weighted by atomic mass is 9.45. The number of rotatable bonds is 4. The summed E-state index contributed by atoms with van der Waals surface area (Å²) in [4.78, 5) is 37.3. The molecule has 0 radical (unpaired) electrons. The second-order valence-corrected chi connectivity index (χ2v) is 11.0. The summed E-state index contributed by atoms with van der Waals surface area (Å²) < 4.78 is 10.1. The Balaban J connectivity index is 1.38. The smallest absolute Gasteiger partial charge is 0.374 e. The number of esters is 1. The maximum Gasteiger partial charge on any atom is 0.374 e. The fourth-order valence-electron chi connectivity index (χ4n) is 7.87. The average Bonchev–Trinajstić information content (AvgIpc) is 3.39. The number of Topliss-reactive ketones (excluding diaryl/α,β-unsaturated/α-hetero) is 1. The van der Waals surface area contributed by atoms with E-state index in [1.165, 1.54) is 12.3 Å². The number of hydrogen-bond acceptors (Lipinski definition) is 7. The molecule has 1 aromatic rings. The highest BCUT2D eigenvalue weighted by Crippen LogP contribution is 2.67. The van der Waals surface area contributed by atoms with E-state index in [0.29, 0.717) is 25.7 Å². The first-order valence-electron chi connectivity index (χ1n) is 12.0. The molecule has 0 aromatic carbocycles.